The van der Waals surface area contributed by atoms with Crippen molar-refractivity contribution in [3.63, 3.8) is 0 Å². The van der Waals surface area contributed by atoms with Gasteiger partial charge in [0.1, 0.15) is 0 Å². The van der Waals surface area contributed by atoms with Gasteiger partial charge in [0.2, 0.25) is 0 Å². The molecule has 88 valence electrons. The second-order valence-corrected chi connectivity index (χ2v) is 5.22. The zero-order chi connectivity index (χ0) is 12.5. The Morgan fingerprint density at radius 1 is 1.19 bits per heavy atom. The number of anilines is 1. The minimum atomic E-state index is -0.519. The molecule has 0 aliphatic rings. The number of aryl methyl sites for hydroxylation is 2. The molecule has 0 spiro atoms. The summed E-state index contributed by atoms with van der Waals surface area (Å²) in [7, 11) is 0. The molecule has 3 nitrogen and oxygen atoms in total. The van der Waals surface area contributed by atoms with Gasteiger partial charge >= 0.3 is 6.03 Å². The molecule has 1 aromatic carbocycles. The number of amides is 2. The normalized spacial score (nSPS) is 11.3. The highest BCUT2D eigenvalue weighted by Gasteiger charge is 2.16. The second kappa shape index (κ2) is 4.16. The lowest BCUT2D eigenvalue weighted by Gasteiger charge is -2.22. The van der Waals surface area contributed by atoms with Crippen molar-refractivity contribution >= 4 is 11.7 Å². The molecule has 3 N–H and O–H groups in total. The van der Waals surface area contributed by atoms with Gasteiger partial charge in [-0.05, 0) is 36.0 Å². The lowest BCUT2D eigenvalue weighted by atomic mass is 9.85. The highest BCUT2D eigenvalue weighted by Crippen LogP contribution is 2.29. The number of carbonyl (C=O) groups is 1. The number of hydrogen-bond acceptors (Lipinski definition) is 1. The summed E-state index contributed by atoms with van der Waals surface area (Å²) in [4.78, 5) is 10.9. The van der Waals surface area contributed by atoms with Crippen LogP contribution >= 0.6 is 0 Å². The van der Waals surface area contributed by atoms with Crippen LogP contribution in [0.25, 0.3) is 0 Å². The van der Waals surface area contributed by atoms with Gasteiger partial charge in [0.15, 0.2) is 0 Å². The Morgan fingerprint density at radius 2 is 1.62 bits per heavy atom. The Bertz CT molecular complexity index is 393. The van der Waals surface area contributed by atoms with Crippen molar-refractivity contribution in [3.8, 4) is 0 Å². The van der Waals surface area contributed by atoms with E-state index in [-0.39, 0.29) is 5.41 Å². The van der Waals surface area contributed by atoms with E-state index in [1.54, 1.807) is 0 Å². The molecule has 0 fully saturated rings. The van der Waals surface area contributed by atoms with Gasteiger partial charge in [-0.25, -0.2) is 4.79 Å². The van der Waals surface area contributed by atoms with Crippen LogP contribution in [-0.2, 0) is 5.41 Å². The molecule has 0 bridgehead atoms. The molecule has 1 rings (SSSR count). The first-order valence-corrected chi connectivity index (χ1v) is 5.40. The summed E-state index contributed by atoms with van der Waals surface area (Å²) >= 11 is 0. The molecule has 1 aromatic rings. The quantitative estimate of drug-likeness (QED) is 0.750. The van der Waals surface area contributed by atoms with Crippen LogP contribution in [0.1, 0.15) is 37.5 Å². The minimum Gasteiger partial charge on any atom is -0.351 e. The topological polar surface area (TPSA) is 55.1 Å². The molecule has 0 aliphatic heterocycles. The van der Waals surface area contributed by atoms with Crippen LogP contribution in [0.2, 0.25) is 0 Å². The molecular weight excluding hydrogens is 200 g/mol. The average Bonchev–Trinajstić information content (AvgIpc) is 2.09. The highest BCUT2D eigenvalue weighted by atomic mass is 16.2. The third-order valence-electron chi connectivity index (χ3n) is 2.65. The van der Waals surface area contributed by atoms with E-state index in [0.29, 0.717) is 0 Å². The van der Waals surface area contributed by atoms with Crippen LogP contribution in [0.15, 0.2) is 12.1 Å². The van der Waals surface area contributed by atoms with E-state index in [1.807, 2.05) is 13.8 Å². The molecule has 16 heavy (non-hydrogen) atoms. The number of urea groups is 1. The van der Waals surface area contributed by atoms with Gasteiger partial charge in [-0.15, -0.1) is 0 Å². The molecule has 0 atom stereocenters. The number of primary amides is 1. The van der Waals surface area contributed by atoms with Crippen molar-refractivity contribution in [2.24, 2.45) is 5.73 Å². The Morgan fingerprint density at radius 3 is 1.94 bits per heavy atom. The molecule has 0 saturated carbocycles. The summed E-state index contributed by atoms with van der Waals surface area (Å²) in [5, 5.41) is 2.66. The van der Waals surface area contributed by atoms with Crippen LogP contribution < -0.4 is 11.1 Å². The first-order valence-electron chi connectivity index (χ1n) is 5.40. The van der Waals surface area contributed by atoms with Crippen molar-refractivity contribution in [2.45, 2.75) is 40.0 Å². The summed E-state index contributed by atoms with van der Waals surface area (Å²) < 4.78 is 0. The first kappa shape index (κ1) is 12.6. The smallest absolute Gasteiger partial charge is 0.316 e. The average molecular weight is 220 g/mol. The summed E-state index contributed by atoms with van der Waals surface area (Å²) in [5.74, 6) is 0. The van der Waals surface area contributed by atoms with Crippen molar-refractivity contribution in [1.82, 2.24) is 0 Å². The van der Waals surface area contributed by atoms with E-state index in [1.165, 1.54) is 5.56 Å². The molecule has 0 aliphatic carbocycles. The fraction of sp³-hybridized carbons (Fsp3) is 0.462. The maximum absolute atomic E-state index is 10.9. The van der Waals surface area contributed by atoms with Crippen LogP contribution in [0, 0.1) is 13.8 Å². The van der Waals surface area contributed by atoms with E-state index in [0.717, 1.165) is 16.8 Å². The molecule has 0 radical (unpaired) electrons. The second-order valence-electron chi connectivity index (χ2n) is 5.22. The van der Waals surface area contributed by atoms with Gasteiger partial charge in [-0.2, -0.15) is 0 Å². The monoisotopic (exact) mass is 220 g/mol. The Balaban J connectivity index is 3.23. The summed E-state index contributed by atoms with van der Waals surface area (Å²) in [6, 6.07) is 3.67. The zero-order valence-electron chi connectivity index (χ0n) is 10.6. The molecule has 0 aromatic heterocycles. The van der Waals surface area contributed by atoms with E-state index in [2.05, 4.69) is 38.2 Å². The van der Waals surface area contributed by atoms with Gasteiger partial charge in [0, 0.05) is 5.69 Å². The van der Waals surface area contributed by atoms with Crippen LogP contribution in [-0.4, -0.2) is 6.03 Å². The van der Waals surface area contributed by atoms with Gasteiger partial charge in [-0.3, -0.25) is 0 Å². The van der Waals surface area contributed by atoms with Crippen molar-refractivity contribution in [3.05, 3.63) is 28.8 Å². The van der Waals surface area contributed by atoms with Gasteiger partial charge in [0.05, 0.1) is 0 Å². The molecular formula is C13H20N2O. The fourth-order valence-electron chi connectivity index (χ4n) is 1.72. The van der Waals surface area contributed by atoms with Gasteiger partial charge in [0.25, 0.3) is 0 Å². The number of nitrogens with two attached hydrogens (primary N) is 1. The fourth-order valence-corrected chi connectivity index (χ4v) is 1.72. The summed E-state index contributed by atoms with van der Waals surface area (Å²) in [6.45, 7) is 10.5. The predicted molar refractivity (Wildman–Crippen MR) is 67.8 cm³/mol. The third kappa shape index (κ3) is 2.75. The van der Waals surface area contributed by atoms with Crippen molar-refractivity contribution < 1.29 is 4.79 Å². The molecule has 2 amide bonds. The molecule has 3 heteroatoms. The number of carbonyl (C=O) groups excluding carboxylic acids is 1. The standard InChI is InChI=1S/C13H20N2O/c1-8-6-10(13(3,4)5)7-9(2)11(8)15-12(14)16/h6-7H,1-5H3,(H3,14,15,16). The molecule has 0 saturated heterocycles. The Labute approximate surface area is 97.0 Å². The first-order chi connectivity index (χ1) is 7.21. The molecule has 0 unspecified atom stereocenters. The van der Waals surface area contributed by atoms with Crippen LogP contribution in [0.5, 0.6) is 0 Å². The van der Waals surface area contributed by atoms with Gasteiger partial charge < -0.3 is 11.1 Å². The molecule has 0 heterocycles. The minimum absolute atomic E-state index is 0.112. The van der Waals surface area contributed by atoms with Crippen LogP contribution in [0.3, 0.4) is 0 Å². The Kier molecular flexibility index (Phi) is 3.27. The lowest BCUT2D eigenvalue weighted by molar-refractivity contribution is 0.259. The van der Waals surface area contributed by atoms with E-state index in [9.17, 15) is 4.79 Å². The van der Waals surface area contributed by atoms with Crippen molar-refractivity contribution in [1.29, 1.82) is 0 Å². The number of benzene rings is 1. The predicted octanol–water partition coefficient (Wildman–Crippen LogP) is 3.09. The van der Waals surface area contributed by atoms with Gasteiger partial charge in [-0.1, -0.05) is 32.9 Å². The Hall–Kier alpha value is -1.51. The van der Waals surface area contributed by atoms with E-state index < -0.39 is 6.03 Å². The number of hydrogen-bond donors (Lipinski definition) is 2. The lowest BCUT2D eigenvalue weighted by Crippen LogP contribution is -2.21. The number of nitrogens with one attached hydrogen (secondary N) is 1. The zero-order valence-corrected chi connectivity index (χ0v) is 10.6. The maximum Gasteiger partial charge on any atom is 0.316 e. The summed E-state index contributed by atoms with van der Waals surface area (Å²) in [6.07, 6.45) is 0. The van der Waals surface area contributed by atoms with E-state index >= 15 is 0 Å². The number of rotatable bonds is 1. The third-order valence-corrected chi connectivity index (χ3v) is 2.65. The van der Waals surface area contributed by atoms with E-state index in [4.69, 9.17) is 5.73 Å². The summed E-state index contributed by atoms with van der Waals surface area (Å²) in [5.41, 5.74) is 9.42. The van der Waals surface area contributed by atoms with Crippen molar-refractivity contribution in [2.75, 3.05) is 5.32 Å². The maximum atomic E-state index is 10.9. The largest absolute Gasteiger partial charge is 0.351 e. The van der Waals surface area contributed by atoms with Crippen LogP contribution in [0.4, 0.5) is 10.5 Å². The SMILES string of the molecule is Cc1cc(C(C)(C)C)cc(C)c1NC(N)=O. The highest BCUT2D eigenvalue weighted by molar-refractivity contribution is 5.89.